The van der Waals surface area contributed by atoms with Crippen molar-refractivity contribution in [3.8, 4) is 6.07 Å². The fourth-order valence-corrected chi connectivity index (χ4v) is 2.54. The Morgan fingerprint density at radius 1 is 1.14 bits per heavy atom. The normalized spacial score (nSPS) is 17.8. The third kappa shape index (κ3) is 3.35. The van der Waals surface area contributed by atoms with Gasteiger partial charge in [-0.2, -0.15) is 18.4 Å². The summed E-state index contributed by atoms with van der Waals surface area (Å²) < 4.78 is 37.4. The number of anilines is 1. The van der Waals surface area contributed by atoms with Crippen LogP contribution in [0.1, 0.15) is 37.7 Å². The minimum Gasteiger partial charge on any atom is -0.325 e. The molecule has 1 aromatic carbocycles. The number of carbonyl (C=O) groups is 1. The standard InChI is InChI=1S/C15H15F3N2O/c16-15(17,18)11-4-6-12(7-5-11)20-13(21)14(10-19)8-2-1-3-9-14/h4-7H,1-3,8-9H2,(H,20,21). The van der Waals surface area contributed by atoms with Crippen molar-refractivity contribution in [3.05, 3.63) is 29.8 Å². The second-order valence-electron chi connectivity index (χ2n) is 5.28. The second-order valence-corrected chi connectivity index (χ2v) is 5.28. The first kappa shape index (κ1) is 15.4. The molecule has 1 amide bonds. The van der Waals surface area contributed by atoms with Gasteiger partial charge in [0.25, 0.3) is 0 Å². The van der Waals surface area contributed by atoms with Crippen LogP contribution in [0.15, 0.2) is 24.3 Å². The van der Waals surface area contributed by atoms with Crippen LogP contribution in [0.3, 0.4) is 0 Å². The molecule has 0 saturated heterocycles. The van der Waals surface area contributed by atoms with Gasteiger partial charge in [0.2, 0.25) is 5.91 Å². The Labute approximate surface area is 120 Å². The van der Waals surface area contributed by atoms with Crippen molar-refractivity contribution in [1.82, 2.24) is 0 Å². The molecule has 1 N–H and O–H groups in total. The molecule has 0 heterocycles. The van der Waals surface area contributed by atoms with Crippen LogP contribution in [-0.4, -0.2) is 5.91 Å². The molecule has 1 aromatic rings. The smallest absolute Gasteiger partial charge is 0.325 e. The van der Waals surface area contributed by atoms with E-state index in [-0.39, 0.29) is 5.69 Å². The van der Waals surface area contributed by atoms with Crippen molar-refractivity contribution in [2.75, 3.05) is 5.32 Å². The first-order valence-corrected chi connectivity index (χ1v) is 6.77. The Morgan fingerprint density at radius 3 is 2.19 bits per heavy atom. The molecule has 0 unspecified atom stereocenters. The lowest BCUT2D eigenvalue weighted by atomic mass is 9.74. The summed E-state index contributed by atoms with van der Waals surface area (Å²) in [6, 6.07) is 6.31. The molecular formula is C15H15F3N2O. The molecule has 2 rings (SSSR count). The molecule has 1 aliphatic carbocycles. The first-order valence-electron chi connectivity index (χ1n) is 6.77. The Kier molecular flexibility index (Phi) is 4.21. The fourth-order valence-electron chi connectivity index (χ4n) is 2.54. The van der Waals surface area contributed by atoms with E-state index >= 15 is 0 Å². The van der Waals surface area contributed by atoms with Crippen LogP contribution in [0, 0.1) is 16.7 Å². The van der Waals surface area contributed by atoms with Gasteiger partial charge in [0.1, 0.15) is 5.41 Å². The molecule has 3 nitrogen and oxygen atoms in total. The third-order valence-corrected chi connectivity index (χ3v) is 3.83. The van der Waals surface area contributed by atoms with Gasteiger partial charge in [-0.1, -0.05) is 19.3 Å². The maximum absolute atomic E-state index is 12.5. The molecule has 0 bridgehead atoms. The van der Waals surface area contributed by atoms with E-state index in [9.17, 15) is 23.2 Å². The summed E-state index contributed by atoms with van der Waals surface area (Å²) >= 11 is 0. The van der Waals surface area contributed by atoms with Gasteiger partial charge < -0.3 is 5.32 Å². The minimum atomic E-state index is -4.40. The fraction of sp³-hybridized carbons (Fsp3) is 0.467. The van der Waals surface area contributed by atoms with Gasteiger partial charge in [0.05, 0.1) is 11.6 Å². The maximum Gasteiger partial charge on any atom is 0.416 e. The quantitative estimate of drug-likeness (QED) is 0.892. The van der Waals surface area contributed by atoms with Gasteiger partial charge >= 0.3 is 6.18 Å². The number of nitrogens with zero attached hydrogens (tertiary/aromatic N) is 1. The van der Waals surface area contributed by atoms with E-state index in [0.29, 0.717) is 12.8 Å². The summed E-state index contributed by atoms with van der Waals surface area (Å²) in [7, 11) is 0. The molecule has 0 radical (unpaired) electrons. The Hall–Kier alpha value is -2.03. The van der Waals surface area contributed by atoms with Crippen molar-refractivity contribution in [1.29, 1.82) is 5.26 Å². The zero-order valence-electron chi connectivity index (χ0n) is 11.3. The highest BCUT2D eigenvalue weighted by Gasteiger charge is 2.39. The van der Waals surface area contributed by atoms with E-state index in [4.69, 9.17) is 0 Å². The lowest BCUT2D eigenvalue weighted by molar-refractivity contribution is -0.137. The summed E-state index contributed by atoms with van der Waals surface area (Å²) in [4.78, 5) is 12.2. The van der Waals surface area contributed by atoms with Crippen LogP contribution < -0.4 is 5.32 Å². The molecule has 6 heteroatoms. The molecule has 21 heavy (non-hydrogen) atoms. The Bertz CT molecular complexity index is 552. The molecule has 1 fully saturated rings. The minimum absolute atomic E-state index is 0.271. The molecule has 0 aromatic heterocycles. The molecule has 0 atom stereocenters. The van der Waals surface area contributed by atoms with Crippen LogP contribution in [-0.2, 0) is 11.0 Å². The van der Waals surface area contributed by atoms with Crippen LogP contribution in [0.4, 0.5) is 18.9 Å². The predicted molar refractivity (Wildman–Crippen MR) is 71.2 cm³/mol. The van der Waals surface area contributed by atoms with Gasteiger partial charge in [0.15, 0.2) is 0 Å². The van der Waals surface area contributed by atoms with Gasteiger partial charge in [-0.05, 0) is 37.1 Å². The number of halogens is 3. The molecule has 1 aliphatic rings. The molecule has 0 aliphatic heterocycles. The average molecular weight is 296 g/mol. The number of carbonyl (C=O) groups excluding carboxylic acids is 1. The second kappa shape index (κ2) is 5.76. The predicted octanol–water partition coefficient (Wildman–Crippen LogP) is 4.12. The third-order valence-electron chi connectivity index (χ3n) is 3.83. The van der Waals surface area contributed by atoms with E-state index in [2.05, 4.69) is 11.4 Å². The van der Waals surface area contributed by atoms with Crippen LogP contribution >= 0.6 is 0 Å². The van der Waals surface area contributed by atoms with Crippen molar-refractivity contribution >= 4 is 11.6 Å². The number of nitrogens with one attached hydrogen (secondary N) is 1. The van der Waals surface area contributed by atoms with Gasteiger partial charge in [-0.15, -0.1) is 0 Å². The summed E-state index contributed by atoms with van der Waals surface area (Å²) in [6.45, 7) is 0. The number of benzene rings is 1. The highest BCUT2D eigenvalue weighted by Crippen LogP contribution is 2.37. The first-order chi connectivity index (χ1) is 9.87. The van der Waals surface area contributed by atoms with Crippen LogP contribution in [0.2, 0.25) is 0 Å². The van der Waals surface area contributed by atoms with Crippen molar-refractivity contribution in [3.63, 3.8) is 0 Å². The number of nitriles is 1. The van der Waals surface area contributed by atoms with E-state index in [0.717, 1.165) is 31.4 Å². The van der Waals surface area contributed by atoms with E-state index in [1.54, 1.807) is 0 Å². The highest BCUT2D eigenvalue weighted by molar-refractivity contribution is 5.97. The number of hydrogen-bond acceptors (Lipinski definition) is 2. The Morgan fingerprint density at radius 2 is 1.71 bits per heavy atom. The van der Waals surface area contributed by atoms with E-state index in [1.807, 2.05) is 0 Å². The molecular weight excluding hydrogens is 281 g/mol. The topological polar surface area (TPSA) is 52.9 Å². The summed E-state index contributed by atoms with van der Waals surface area (Å²) in [6.07, 6.45) is -0.787. The van der Waals surface area contributed by atoms with Gasteiger partial charge in [-0.3, -0.25) is 4.79 Å². The number of hydrogen-bond donors (Lipinski definition) is 1. The van der Waals surface area contributed by atoms with Crippen LogP contribution in [0.5, 0.6) is 0 Å². The monoisotopic (exact) mass is 296 g/mol. The summed E-state index contributed by atoms with van der Waals surface area (Å²) in [5, 5.41) is 11.8. The van der Waals surface area contributed by atoms with Crippen molar-refractivity contribution < 1.29 is 18.0 Å². The molecule has 112 valence electrons. The van der Waals surface area contributed by atoms with Gasteiger partial charge in [-0.25, -0.2) is 0 Å². The largest absolute Gasteiger partial charge is 0.416 e. The van der Waals surface area contributed by atoms with Crippen LogP contribution in [0.25, 0.3) is 0 Å². The number of amides is 1. The zero-order valence-corrected chi connectivity index (χ0v) is 11.3. The highest BCUT2D eigenvalue weighted by atomic mass is 19.4. The molecule has 0 spiro atoms. The maximum atomic E-state index is 12.5. The SMILES string of the molecule is N#CC1(C(=O)Nc2ccc(C(F)(F)F)cc2)CCCCC1. The molecule has 1 saturated carbocycles. The van der Waals surface area contributed by atoms with Crippen molar-refractivity contribution in [2.45, 2.75) is 38.3 Å². The Balaban J connectivity index is 2.11. The summed E-state index contributed by atoms with van der Waals surface area (Å²) in [5.74, 6) is -0.426. The number of alkyl halides is 3. The van der Waals surface area contributed by atoms with E-state index < -0.39 is 23.1 Å². The van der Waals surface area contributed by atoms with Gasteiger partial charge in [0, 0.05) is 5.69 Å². The lowest BCUT2D eigenvalue weighted by Crippen LogP contribution is -2.36. The number of rotatable bonds is 2. The average Bonchev–Trinajstić information content (AvgIpc) is 2.47. The van der Waals surface area contributed by atoms with Crippen molar-refractivity contribution in [2.24, 2.45) is 5.41 Å². The zero-order chi connectivity index (χ0) is 15.5. The lowest BCUT2D eigenvalue weighted by Gasteiger charge is -2.29. The summed E-state index contributed by atoms with van der Waals surface area (Å²) in [5.41, 5.74) is -1.55. The van der Waals surface area contributed by atoms with E-state index in [1.165, 1.54) is 12.1 Å².